The van der Waals surface area contributed by atoms with Crippen molar-refractivity contribution in [2.75, 3.05) is 6.61 Å². The number of hydrogen-bond donors (Lipinski definition) is 0. The van der Waals surface area contributed by atoms with Crippen LogP contribution in [0.5, 0.6) is 5.95 Å². The van der Waals surface area contributed by atoms with Crippen molar-refractivity contribution in [3.05, 3.63) is 54.6 Å². The third-order valence-electron chi connectivity index (χ3n) is 6.46. The van der Waals surface area contributed by atoms with Gasteiger partial charge in [-0.05, 0) is 39.3 Å². The molecule has 0 saturated carbocycles. The van der Waals surface area contributed by atoms with E-state index in [-0.39, 0.29) is 12.6 Å². The van der Waals surface area contributed by atoms with Crippen molar-refractivity contribution in [1.82, 2.24) is 0 Å². The number of para-hydroxylation sites is 1. The molecule has 0 N–H and O–H groups in total. The van der Waals surface area contributed by atoms with Gasteiger partial charge in [-0.3, -0.25) is 0 Å². The summed E-state index contributed by atoms with van der Waals surface area (Å²) >= 11 is 0. The SMILES string of the molecule is CC1(C)O[C@H]2O[C@H]([C@H]3COC(C)(C)O3)[C@H](OC(=O)Oc3oc4ccccc4c3-c3ccccc3)[C@H]2O1. The zero-order valence-corrected chi connectivity index (χ0v) is 20.5. The average Bonchev–Trinajstić information content (AvgIpc) is 3.54. The summed E-state index contributed by atoms with van der Waals surface area (Å²) in [6.07, 6.45) is -4.33. The first-order chi connectivity index (χ1) is 17.2. The molecule has 3 aliphatic heterocycles. The third-order valence-corrected chi connectivity index (χ3v) is 6.46. The third kappa shape index (κ3) is 4.27. The quantitative estimate of drug-likeness (QED) is 0.462. The molecule has 36 heavy (non-hydrogen) atoms. The van der Waals surface area contributed by atoms with Crippen LogP contribution < -0.4 is 4.74 Å². The van der Waals surface area contributed by atoms with Gasteiger partial charge in [-0.1, -0.05) is 48.5 Å². The molecule has 1 aromatic heterocycles. The highest BCUT2D eigenvalue weighted by Crippen LogP contribution is 2.43. The van der Waals surface area contributed by atoms with Gasteiger partial charge in [-0.15, -0.1) is 0 Å². The minimum Gasteiger partial charge on any atom is -0.425 e. The highest BCUT2D eigenvalue weighted by atomic mass is 16.9. The minimum absolute atomic E-state index is 0.0462. The molecule has 6 rings (SSSR count). The van der Waals surface area contributed by atoms with Gasteiger partial charge in [0.1, 0.15) is 17.8 Å². The molecule has 5 atom stereocenters. The van der Waals surface area contributed by atoms with E-state index in [0.29, 0.717) is 11.1 Å². The van der Waals surface area contributed by atoms with E-state index in [1.807, 2.05) is 68.4 Å². The second kappa shape index (κ2) is 8.57. The van der Waals surface area contributed by atoms with Crippen LogP contribution in [0.15, 0.2) is 59.0 Å². The van der Waals surface area contributed by atoms with Gasteiger partial charge in [0, 0.05) is 5.39 Å². The van der Waals surface area contributed by atoms with Crippen molar-refractivity contribution in [2.24, 2.45) is 0 Å². The van der Waals surface area contributed by atoms with Crippen LogP contribution in [-0.4, -0.2) is 55.0 Å². The number of rotatable bonds is 4. The number of carbonyl (C=O) groups excluding carboxylic acids is 1. The Morgan fingerprint density at radius 1 is 0.889 bits per heavy atom. The highest BCUT2D eigenvalue weighted by Gasteiger charge is 2.60. The van der Waals surface area contributed by atoms with Crippen LogP contribution in [-0.2, 0) is 28.4 Å². The fourth-order valence-corrected chi connectivity index (χ4v) is 5.00. The van der Waals surface area contributed by atoms with E-state index in [1.54, 1.807) is 13.8 Å². The van der Waals surface area contributed by atoms with Crippen molar-refractivity contribution in [1.29, 1.82) is 0 Å². The molecule has 3 aliphatic rings. The Bertz CT molecular complexity index is 1260. The first-order valence-corrected chi connectivity index (χ1v) is 12.0. The Morgan fingerprint density at radius 2 is 1.64 bits per heavy atom. The van der Waals surface area contributed by atoms with Gasteiger partial charge < -0.3 is 37.6 Å². The molecule has 0 unspecified atom stereocenters. The number of ether oxygens (including phenoxy) is 7. The Labute approximate surface area is 208 Å². The molecule has 0 spiro atoms. The predicted molar refractivity (Wildman–Crippen MR) is 126 cm³/mol. The molecule has 4 heterocycles. The molecular formula is C27H28O9. The second-order valence-electron chi connectivity index (χ2n) is 10.00. The maximum Gasteiger partial charge on any atom is 0.516 e. The summed E-state index contributed by atoms with van der Waals surface area (Å²) < 4.78 is 47.0. The zero-order valence-electron chi connectivity index (χ0n) is 20.5. The van der Waals surface area contributed by atoms with Gasteiger partial charge >= 0.3 is 12.1 Å². The standard InChI is InChI=1S/C27H28O9/c1-26(2)29-14-18(34-26)20-21(22-24(31-20)36-27(3,4)35-22)32-25(28)33-23-19(15-10-6-5-7-11-15)16-12-8-9-13-17(16)30-23/h5-13,18,20-22,24H,14H2,1-4H3/t18-,20-,21+,22-,24-/m1/s1. The van der Waals surface area contributed by atoms with Crippen molar-refractivity contribution in [3.8, 4) is 17.1 Å². The number of furan rings is 1. The zero-order chi connectivity index (χ0) is 25.1. The summed E-state index contributed by atoms with van der Waals surface area (Å²) in [4.78, 5) is 13.1. The maximum absolute atomic E-state index is 13.1. The Hall–Kier alpha value is -2.95. The van der Waals surface area contributed by atoms with Gasteiger partial charge in [0.05, 0.1) is 12.2 Å². The molecule has 0 bridgehead atoms. The monoisotopic (exact) mass is 496 g/mol. The largest absolute Gasteiger partial charge is 0.516 e. The Kier molecular flexibility index (Phi) is 5.58. The fraction of sp³-hybridized carbons (Fsp3) is 0.444. The number of benzene rings is 2. The van der Waals surface area contributed by atoms with Gasteiger partial charge in [-0.2, -0.15) is 0 Å². The van der Waals surface area contributed by atoms with Crippen LogP contribution in [0.2, 0.25) is 0 Å². The molecule has 9 heteroatoms. The fourth-order valence-electron chi connectivity index (χ4n) is 5.00. The van der Waals surface area contributed by atoms with E-state index >= 15 is 0 Å². The van der Waals surface area contributed by atoms with Gasteiger partial charge in [0.2, 0.25) is 0 Å². The van der Waals surface area contributed by atoms with E-state index in [0.717, 1.165) is 10.9 Å². The first-order valence-electron chi connectivity index (χ1n) is 12.0. The molecule has 9 nitrogen and oxygen atoms in total. The molecular weight excluding hydrogens is 468 g/mol. The predicted octanol–water partition coefficient (Wildman–Crippen LogP) is 5.01. The molecule has 0 aliphatic carbocycles. The van der Waals surface area contributed by atoms with Crippen molar-refractivity contribution in [3.63, 3.8) is 0 Å². The molecule has 3 fully saturated rings. The van der Waals surface area contributed by atoms with Crippen LogP contribution in [0.3, 0.4) is 0 Å². The van der Waals surface area contributed by atoms with Crippen LogP contribution >= 0.6 is 0 Å². The van der Waals surface area contributed by atoms with E-state index < -0.39 is 48.4 Å². The lowest BCUT2D eigenvalue weighted by atomic mass is 10.0. The molecule has 3 aromatic rings. The normalized spacial score (nSPS) is 30.4. The number of fused-ring (bicyclic) bond motifs is 2. The van der Waals surface area contributed by atoms with Crippen molar-refractivity contribution in [2.45, 2.75) is 70.0 Å². The summed E-state index contributed by atoms with van der Waals surface area (Å²) in [6, 6.07) is 17.1. The van der Waals surface area contributed by atoms with E-state index in [4.69, 9.17) is 37.6 Å². The van der Waals surface area contributed by atoms with Crippen molar-refractivity contribution < 1.29 is 42.4 Å². The van der Waals surface area contributed by atoms with Crippen LogP contribution in [0.4, 0.5) is 4.79 Å². The van der Waals surface area contributed by atoms with Gasteiger partial charge in [-0.25, -0.2) is 4.79 Å². The second-order valence-corrected chi connectivity index (χ2v) is 10.00. The molecule has 0 amide bonds. The van der Waals surface area contributed by atoms with Crippen LogP contribution in [0.25, 0.3) is 22.1 Å². The Balaban J connectivity index is 1.27. The molecule has 0 radical (unpaired) electrons. The smallest absolute Gasteiger partial charge is 0.425 e. The maximum atomic E-state index is 13.1. The van der Waals surface area contributed by atoms with Crippen LogP contribution in [0.1, 0.15) is 27.7 Å². The summed E-state index contributed by atoms with van der Waals surface area (Å²) in [6.45, 7) is 7.46. The van der Waals surface area contributed by atoms with Crippen LogP contribution in [0, 0.1) is 0 Å². The molecule has 3 saturated heterocycles. The lowest BCUT2D eigenvalue weighted by Crippen LogP contribution is -2.45. The summed E-state index contributed by atoms with van der Waals surface area (Å²) in [5.41, 5.74) is 2.10. The lowest BCUT2D eigenvalue weighted by molar-refractivity contribution is -0.232. The summed E-state index contributed by atoms with van der Waals surface area (Å²) in [5.74, 6) is -1.63. The molecule has 2 aromatic carbocycles. The lowest BCUT2D eigenvalue weighted by Gasteiger charge is -2.28. The Morgan fingerprint density at radius 3 is 2.39 bits per heavy atom. The van der Waals surface area contributed by atoms with Crippen molar-refractivity contribution >= 4 is 17.1 Å². The summed E-state index contributed by atoms with van der Waals surface area (Å²) in [7, 11) is 0. The first kappa shape index (κ1) is 23.4. The average molecular weight is 497 g/mol. The van der Waals surface area contributed by atoms with E-state index in [9.17, 15) is 4.79 Å². The van der Waals surface area contributed by atoms with Gasteiger partial charge in [0.15, 0.2) is 30.1 Å². The number of carbonyl (C=O) groups is 1. The van der Waals surface area contributed by atoms with E-state index in [2.05, 4.69) is 0 Å². The minimum atomic E-state index is -0.947. The van der Waals surface area contributed by atoms with Gasteiger partial charge in [0.25, 0.3) is 0 Å². The van der Waals surface area contributed by atoms with E-state index in [1.165, 1.54) is 0 Å². The summed E-state index contributed by atoms with van der Waals surface area (Å²) in [5, 5.41) is 0.821. The highest BCUT2D eigenvalue weighted by molar-refractivity contribution is 5.97. The number of hydrogen-bond acceptors (Lipinski definition) is 9. The molecule has 190 valence electrons. The topological polar surface area (TPSA) is 94.8 Å².